The van der Waals surface area contributed by atoms with Crippen molar-refractivity contribution in [2.45, 2.75) is 65.1 Å². The van der Waals surface area contributed by atoms with Crippen molar-refractivity contribution in [3.63, 3.8) is 0 Å². The lowest BCUT2D eigenvalue weighted by Gasteiger charge is -2.31. The minimum atomic E-state index is -0.379. The molecule has 7 nitrogen and oxygen atoms in total. The minimum Gasteiger partial charge on any atom is -0.331 e. The van der Waals surface area contributed by atoms with Crippen LogP contribution in [-0.2, 0) is 6.54 Å². The summed E-state index contributed by atoms with van der Waals surface area (Å²) in [6, 6.07) is 11.1. The number of aryl methyl sites for hydroxylation is 2. The molecule has 9 heteroatoms. The summed E-state index contributed by atoms with van der Waals surface area (Å²) in [5.41, 5.74) is 6.12. The van der Waals surface area contributed by atoms with Crippen LogP contribution in [0.25, 0.3) is 0 Å². The second kappa shape index (κ2) is 10.5. The molecular weight excluding hydrogens is 533 g/mol. The number of benzene rings is 2. The maximum Gasteiger partial charge on any atom is 0.319 e. The van der Waals surface area contributed by atoms with E-state index in [4.69, 9.17) is 28.3 Å². The molecule has 3 aromatic rings. The number of hydrogen-bond donors (Lipinski definition) is 0. The molecule has 2 aliphatic rings. The number of fused-ring (bicyclic) bond motifs is 1. The SMILES string of the molecule is Cc1cc(Cl)ccc1C1c2c(nn(C[C@@H]3CCCN3C(=O)N(C)C)c2C(C)C)C(=O)N1c1cc(Cl)ccc1C. The van der Waals surface area contributed by atoms with Gasteiger partial charge in [0, 0.05) is 47.6 Å². The van der Waals surface area contributed by atoms with E-state index in [0.717, 1.165) is 53.0 Å². The van der Waals surface area contributed by atoms with E-state index in [2.05, 4.69) is 13.8 Å². The zero-order valence-electron chi connectivity index (χ0n) is 23.3. The van der Waals surface area contributed by atoms with Crippen molar-refractivity contribution in [2.75, 3.05) is 25.5 Å². The summed E-state index contributed by atoms with van der Waals surface area (Å²) in [5.74, 6) is -0.0491. The summed E-state index contributed by atoms with van der Waals surface area (Å²) in [6.07, 6.45) is 1.86. The summed E-state index contributed by atoms with van der Waals surface area (Å²) in [6.45, 7) is 9.56. The normalized spacial score (nSPS) is 18.8. The topological polar surface area (TPSA) is 61.7 Å². The van der Waals surface area contributed by atoms with Crippen molar-refractivity contribution in [3.05, 3.63) is 80.1 Å². The third-order valence-corrected chi connectivity index (χ3v) is 8.35. The van der Waals surface area contributed by atoms with Crippen LogP contribution in [0, 0.1) is 13.8 Å². The van der Waals surface area contributed by atoms with Gasteiger partial charge in [-0.3, -0.25) is 14.4 Å². The van der Waals surface area contributed by atoms with E-state index in [1.165, 1.54) is 0 Å². The van der Waals surface area contributed by atoms with Gasteiger partial charge in [0.1, 0.15) is 0 Å². The Labute approximate surface area is 240 Å². The maximum atomic E-state index is 14.2. The van der Waals surface area contributed by atoms with Gasteiger partial charge in [0.05, 0.1) is 18.6 Å². The zero-order valence-corrected chi connectivity index (χ0v) is 24.8. The largest absolute Gasteiger partial charge is 0.331 e. The Morgan fingerprint density at radius 3 is 2.44 bits per heavy atom. The highest BCUT2D eigenvalue weighted by atomic mass is 35.5. The van der Waals surface area contributed by atoms with Gasteiger partial charge >= 0.3 is 6.03 Å². The number of rotatable bonds is 5. The number of likely N-dealkylation sites (tertiary alicyclic amines) is 1. The average molecular weight is 569 g/mol. The number of halogens is 2. The third kappa shape index (κ3) is 4.80. The molecule has 1 aromatic heterocycles. The van der Waals surface area contributed by atoms with Gasteiger partial charge in [-0.05, 0) is 73.6 Å². The van der Waals surface area contributed by atoms with Crippen LogP contribution >= 0.6 is 23.2 Å². The number of nitrogens with zero attached hydrogens (tertiary/aromatic N) is 5. The van der Waals surface area contributed by atoms with Crippen molar-refractivity contribution < 1.29 is 9.59 Å². The fourth-order valence-electron chi connectivity index (χ4n) is 6.09. The lowest BCUT2D eigenvalue weighted by atomic mass is 9.91. The quantitative estimate of drug-likeness (QED) is 0.339. The highest BCUT2D eigenvalue weighted by Gasteiger charge is 2.46. The number of urea groups is 1. The van der Waals surface area contributed by atoms with Gasteiger partial charge in [0.25, 0.3) is 5.91 Å². The standard InChI is InChI=1S/C30H35Cl2N5O2/c1-17(2)27-25-26(33-36(27)16-22-8-7-13-35(22)30(39)34(5)6)29(38)37(24-15-21(32)10-9-18(24)3)28(25)23-12-11-20(31)14-19(23)4/h9-12,14-15,17,22,28H,7-8,13,16H2,1-6H3/t22-,28?/m0/s1. The number of anilines is 1. The molecule has 0 bridgehead atoms. The van der Waals surface area contributed by atoms with E-state index in [0.29, 0.717) is 22.3 Å². The Hall–Kier alpha value is -3.03. The third-order valence-electron chi connectivity index (χ3n) is 7.88. The molecule has 0 radical (unpaired) electrons. The zero-order chi connectivity index (χ0) is 28.2. The first kappa shape index (κ1) is 27.5. The van der Waals surface area contributed by atoms with Crippen LogP contribution in [0.1, 0.15) is 77.1 Å². The van der Waals surface area contributed by atoms with Crippen LogP contribution in [0.2, 0.25) is 10.0 Å². The molecule has 206 valence electrons. The van der Waals surface area contributed by atoms with E-state index in [9.17, 15) is 9.59 Å². The molecule has 2 aromatic carbocycles. The molecule has 3 amide bonds. The first-order valence-electron chi connectivity index (χ1n) is 13.4. The van der Waals surface area contributed by atoms with Crippen molar-refractivity contribution >= 4 is 40.8 Å². The van der Waals surface area contributed by atoms with Crippen molar-refractivity contribution in [3.8, 4) is 0 Å². The van der Waals surface area contributed by atoms with Crippen LogP contribution in [-0.4, -0.2) is 58.2 Å². The highest BCUT2D eigenvalue weighted by Crippen LogP contribution is 2.47. The summed E-state index contributed by atoms with van der Waals surface area (Å²) < 4.78 is 1.99. The Kier molecular flexibility index (Phi) is 7.42. The van der Waals surface area contributed by atoms with Crippen molar-refractivity contribution in [1.29, 1.82) is 0 Å². The van der Waals surface area contributed by atoms with Gasteiger partial charge in [-0.1, -0.05) is 49.2 Å². The summed E-state index contributed by atoms with van der Waals surface area (Å²) in [4.78, 5) is 32.5. The molecule has 5 rings (SSSR count). The molecule has 1 unspecified atom stereocenters. The highest BCUT2D eigenvalue weighted by molar-refractivity contribution is 6.31. The summed E-state index contributed by atoms with van der Waals surface area (Å²) in [5, 5.41) is 6.18. The fraction of sp³-hybridized carbons (Fsp3) is 0.433. The van der Waals surface area contributed by atoms with Gasteiger partial charge in [0.2, 0.25) is 0 Å². The smallest absolute Gasteiger partial charge is 0.319 e. The van der Waals surface area contributed by atoms with Gasteiger partial charge in [-0.2, -0.15) is 5.10 Å². The lowest BCUT2D eigenvalue weighted by Crippen LogP contribution is -2.44. The van der Waals surface area contributed by atoms with E-state index in [1.807, 2.05) is 64.7 Å². The van der Waals surface area contributed by atoms with Crippen LogP contribution in [0.4, 0.5) is 10.5 Å². The van der Waals surface area contributed by atoms with E-state index in [1.54, 1.807) is 19.0 Å². The first-order chi connectivity index (χ1) is 18.5. The summed E-state index contributed by atoms with van der Waals surface area (Å²) >= 11 is 12.8. The van der Waals surface area contributed by atoms with E-state index >= 15 is 0 Å². The van der Waals surface area contributed by atoms with Gasteiger partial charge in [-0.15, -0.1) is 0 Å². The average Bonchev–Trinajstić information content (AvgIpc) is 3.55. The Morgan fingerprint density at radius 2 is 1.77 bits per heavy atom. The molecule has 0 N–H and O–H groups in total. The number of aromatic nitrogens is 2. The number of amides is 3. The maximum absolute atomic E-state index is 14.2. The predicted octanol–water partition coefficient (Wildman–Crippen LogP) is 6.83. The molecule has 2 aliphatic heterocycles. The van der Waals surface area contributed by atoms with Crippen LogP contribution in [0.15, 0.2) is 36.4 Å². The molecule has 0 aliphatic carbocycles. The fourth-order valence-corrected chi connectivity index (χ4v) is 6.48. The summed E-state index contributed by atoms with van der Waals surface area (Å²) in [7, 11) is 3.56. The van der Waals surface area contributed by atoms with Crippen molar-refractivity contribution in [2.24, 2.45) is 0 Å². The monoisotopic (exact) mass is 567 g/mol. The lowest BCUT2D eigenvalue weighted by molar-refractivity contribution is 0.0986. The predicted molar refractivity (Wildman–Crippen MR) is 156 cm³/mol. The Bertz CT molecular complexity index is 1450. The number of carbonyl (C=O) groups is 2. The molecule has 2 atom stereocenters. The second-order valence-electron chi connectivity index (χ2n) is 11.2. The molecule has 0 spiro atoms. The molecule has 3 heterocycles. The number of carbonyl (C=O) groups excluding carboxylic acids is 2. The van der Waals surface area contributed by atoms with Gasteiger partial charge < -0.3 is 9.80 Å². The van der Waals surface area contributed by atoms with Gasteiger partial charge in [-0.25, -0.2) is 4.79 Å². The van der Waals surface area contributed by atoms with Crippen LogP contribution in [0.5, 0.6) is 0 Å². The van der Waals surface area contributed by atoms with E-state index in [-0.39, 0.29) is 29.9 Å². The minimum absolute atomic E-state index is 0.0108. The molecular formula is C30H35Cl2N5O2. The Morgan fingerprint density at radius 1 is 1.08 bits per heavy atom. The second-order valence-corrected chi connectivity index (χ2v) is 12.0. The van der Waals surface area contributed by atoms with Crippen LogP contribution in [0.3, 0.4) is 0 Å². The number of hydrogen-bond acceptors (Lipinski definition) is 3. The molecule has 1 saturated heterocycles. The molecule has 39 heavy (non-hydrogen) atoms. The van der Waals surface area contributed by atoms with Crippen molar-refractivity contribution in [1.82, 2.24) is 19.6 Å². The first-order valence-corrected chi connectivity index (χ1v) is 14.2. The van der Waals surface area contributed by atoms with Gasteiger partial charge in [0.15, 0.2) is 5.69 Å². The Balaban J connectivity index is 1.67. The molecule has 1 fully saturated rings. The molecule has 0 saturated carbocycles. The van der Waals surface area contributed by atoms with E-state index < -0.39 is 0 Å². The van der Waals surface area contributed by atoms with Crippen LogP contribution < -0.4 is 4.90 Å².